The molecule has 1 unspecified atom stereocenters. The van der Waals surface area contributed by atoms with Gasteiger partial charge in [-0.05, 0) is 57.7 Å². The zero-order valence-corrected chi connectivity index (χ0v) is 27.0. The lowest BCUT2D eigenvalue weighted by molar-refractivity contribution is 0.351. The van der Waals surface area contributed by atoms with Crippen molar-refractivity contribution in [3.05, 3.63) is 132 Å². The maximum atomic E-state index is 6.53. The predicted molar refractivity (Wildman–Crippen MR) is 181 cm³/mol. The zero-order valence-electron chi connectivity index (χ0n) is 25.1. The van der Waals surface area contributed by atoms with Gasteiger partial charge in [-0.15, -0.1) is 0 Å². The Kier molecular flexibility index (Phi) is 8.41. The van der Waals surface area contributed by atoms with Gasteiger partial charge in [0.1, 0.15) is 18.1 Å². The molecule has 1 atom stereocenters. The fourth-order valence-electron chi connectivity index (χ4n) is 5.93. The Hall–Kier alpha value is -3.39. The molecule has 4 aromatic carbocycles. The van der Waals surface area contributed by atoms with E-state index in [1.165, 1.54) is 37.8 Å². The summed E-state index contributed by atoms with van der Waals surface area (Å²) in [5.41, 5.74) is 4.17. The van der Waals surface area contributed by atoms with Crippen LogP contribution in [0.4, 0.5) is 0 Å². The molecule has 0 aliphatic heterocycles. The summed E-state index contributed by atoms with van der Waals surface area (Å²) in [6.07, 6.45) is 4.45. The van der Waals surface area contributed by atoms with Crippen LogP contribution in [0.3, 0.4) is 0 Å². The Labute approximate surface area is 248 Å². The van der Waals surface area contributed by atoms with Crippen LogP contribution < -0.4 is 25.3 Å². The average Bonchev–Trinajstić information content (AvgIpc) is 3.36. The van der Waals surface area contributed by atoms with Gasteiger partial charge >= 0.3 is 0 Å². The quantitative estimate of drug-likeness (QED) is 0.113. The fraction of sp³-hybridized carbons (Fsp3) is 0.243. The summed E-state index contributed by atoms with van der Waals surface area (Å²) < 4.78 is 12.4. The number of fused-ring (bicyclic) bond motifs is 1. The smallest absolute Gasteiger partial charge is 0.123 e. The molecule has 0 radical (unpaired) electrons. The van der Waals surface area contributed by atoms with Gasteiger partial charge in [0.15, 0.2) is 0 Å². The van der Waals surface area contributed by atoms with E-state index >= 15 is 0 Å². The minimum atomic E-state index is -2.24. The summed E-state index contributed by atoms with van der Waals surface area (Å²) in [7, 11) is -1.20. The van der Waals surface area contributed by atoms with E-state index in [0.29, 0.717) is 6.61 Å². The molecular formula is C37H41O2PSi. The highest BCUT2D eigenvalue weighted by atomic mass is 31.1. The second-order valence-corrected chi connectivity index (χ2v) is 19.0. The van der Waals surface area contributed by atoms with Crippen LogP contribution >= 0.6 is 7.92 Å². The Bertz CT molecular complexity index is 1510. The van der Waals surface area contributed by atoms with Crippen LogP contribution in [0.1, 0.15) is 43.0 Å². The number of rotatable bonds is 9. The van der Waals surface area contributed by atoms with Crippen molar-refractivity contribution in [2.24, 2.45) is 0 Å². The third kappa shape index (κ3) is 5.71. The first-order valence-electron chi connectivity index (χ1n) is 14.3. The van der Waals surface area contributed by atoms with E-state index in [1.807, 2.05) is 6.08 Å². The van der Waals surface area contributed by atoms with Crippen LogP contribution in [0.5, 0.6) is 11.5 Å². The summed E-state index contributed by atoms with van der Waals surface area (Å²) in [5.74, 6) is 1.89. The minimum absolute atomic E-state index is 0.103. The molecule has 1 aliphatic carbocycles. The molecule has 2 nitrogen and oxygen atoms in total. The van der Waals surface area contributed by atoms with E-state index in [9.17, 15) is 0 Å². The van der Waals surface area contributed by atoms with E-state index in [2.05, 4.69) is 144 Å². The second kappa shape index (κ2) is 11.8. The van der Waals surface area contributed by atoms with Gasteiger partial charge in [0.25, 0.3) is 0 Å². The van der Waals surface area contributed by atoms with Crippen molar-refractivity contribution in [3.8, 4) is 11.5 Å². The van der Waals surface area contributed by atoms with Gasteiger partial charge in [-0.1, -0.05) is 138 Å². The van der Waals surface area contributed by atoms with E-state index < -0.39 is 16.0 Å². The van der Waals surface area contributed by atoms with Crippen molar-refractivity contribution in [2.75, 3.05) is 13.7 Å². The number of methoxy groups -OCH3 is 1. The Morgan fingerprint density at radius 1 is 0.854 bits per heavy atom. The van der Waals surface area contributed by atoms with Crippen LogP contribution in [0.25, 0.3) is 5.31 Å². The van der Waals surface area contributed by atoms with Gasteiger partial charge in [-0.2, -0.15) is 0 Å². The maximum Gasteiger partial charge on any atom is 0.123 e. The predicted octanol–water partition coefficient (Wildman–Crippen LogP) is 8.28. The average molecular weight is 577 g/mol. The molecule has 1 aliphatic rings. The van der Waals surface area contributed by atoms with Crippen LogP contribution in [0.15, 0.2) is 116 Å². The van der Waals surface area contributed by atoms with Crippen LogP contribution in [-0.4, -0.2) is 21.8 Å². The lowest BCUT2D eigenvalue weighted by Crippen LogP contribution is -2.48. The van der Waals surface area contributed by atoms with Gasteiger partial charge in [0.2, 0.25) is 0 Å². The fourth-order valence-corrected chi connectivity index (χ4v) is 11.9. The van der Waals surface area contributed by atoms with Crippen molar-refractivity contribution in [1.82, 2.24) is 0 Å². The summed E-state index contributed by atoms with van der Waals surface area (Å²) in [5, 5.41) is 5.50. The third-order valence-electron chi connectivity index (χ3n) is 8.09. The summed E-state index contributed by atoms with van der Waals surface area (Å²) in [6, 6.07) is 35.5. The highest BCUT2D eigenvalue weighted by molar-refractivity contribution is 7.82. The number of ether oxygens (including phenoxy) is 2. The van der Waals surface area contributed by atoms with E-state index in [1.54, 1.807) is 7.11 Å². The van der Waals surface area contributed by atoms with Crippen molar-refractivity contribution in [1.29, 1.82) is 0 Å². The molecule has 0 heterocycles. The maximum absolute atomic E-state index is 6.53. The Balaban J connectivity index is 1.73. The van der Waals surface area contributed by atoms with E-state index in [4.69, 9.17) is 9.47 Å². The van der Waals surface area contributed by atoms with Gasteiger partial charge in [-0.25, -0.2) is 0 Å². The summed E-state index contributed by atoms with van der Waals surface area (Å²) >= 11 is 0. The molecule has 0 amide bonds. The molecule has 0 aromatic heterocycles. The van der Waals surface area contributed by atoms with Crippen molar-refractivity contribution in [2.45, 2.75) is 44.8 Å². The molecule has 0 N–H and O–H groups in total. The van der Waals surface area contributed by atoms with E-state index in [-0.39, 0.29) is 11.0 Å². The lowest BCUT2D eigenvalue weighted by atomic mass is 9.86. The Morgan fingerprint density at radius 2 is 1.44 bits per heavy atom. The lowest BCUT2D eigenvalue weighted by Gasteiger charge is -2.34. The molecule has 5 rings (SSSR count). The van der Waals surface area contributed by atoms with Gasteiger partial charge in [0, 0.05) is 11.1 Å². The van der Waals surface area contributed by atoms with Crippen molar-refractivity contribution in [3.63, 3.8) is 0 Å². The molecule has 210 valence electrons. The largest absolute Gasteiger partial charge is 0.497 e. The minimum Gasteiger partial charge on any atom is -0.497 e. The van der Waals surface area contributed by atoms with Gasteiger partial charge < -0.3 is 9.47 Å². The highest BCUT2D eigenvalue weighted by Crippen LogP contribution is 2.56. The number of hydrogen-bond donors (Lipinski definition) is 0. The number of benzene rings is 4. The first-order valence-corrected chi connectivity index (χ1v) is 18.8. The first-order chi connectivity index (χ1) is 19.7. The molecule has 0 saturated heterocycles. The standard InChI is InChI=1S/C37H41O2PSi/c1-8-23-39-36-32(37(2,3)4)24-27(38-5)25-35(36)41(6,7)34-26-33(30-21-15-16-22-31(30)34)40(28-17-11-9-12-18-28)29-19-13-10-14-20-29/h8-22,24-26,34H,1,23H2,2-7H3. The molecule has 41 heavy (non-hydrogen) atoms. The normalized spacial score (nSPS) is 14.9. The molecule has 0 bridgehead atoms. The molecule has 4 aromatic rings. The highest BCUT2D eigenvalue weighted by Gasteiger charge is 2.43. The topological polar surface area (TPSA) is 18.5 Å². The molecular weight excluding hydrogens is 535 g/mol. The van der Waals surface area contributed by atoms with Crippen LogP contribution in [0, 0.1) is 0 Å². The van der Waals surface area contributed by atoms with Crippen molar-refractivity contribution >= 4 is 37.1 Å². The Morgan fingerprint density at radius 3 is 2.00 bits per heavy atom. The number of allylic oxidation sites excluding steroid dienone is 1. The van der Waals surface area contributed by atoms with Crippen LogP contribution in [0.2, 0.25) is 13.1 Å². The summed E-state index contributed by atoms with van der Waals surface area (Å²) in [4.78, 5) is 0. The number of hydrogen-bond acceptors (Lipinski definition) is 2. The monoisotopic (exact) mass is 576 g/mol. The van der Waals surface area contributed by atoms with Gasteiger partial charge in [0.05, 0.1) is 15.2 Å². The summed E-state index contributed by atoms with van der Waals surface area (Å²) in [6.45, 7) is 16.1. The van der Waals surface area contributed by atoms with E-state index in [0.717, 1.165) is 11.5 Å². The SMILES string of the molecule is C=CCOc1c(C(C)(C)C)cc(OC)cc1[Si](C)(C)C1C=C(P(c2ccccc2)c2ccccc2)c2ccccc21. The molecule has 4 heteroatoms. The molecule has 0 spiro atoms. The zero-order chi connectivity index (χ0) is 29.2. The molecule has 0 saturated carbocycles. The molecule has 0 fully saturated rings. The second-order valence-electron chi connectivity index (χ2n) is 12.2. The van der Waals surface area contributed by atoms with Crippen molar-refractivity contribution < 1.29 is 9.47 Å². The third-order valence-corrected chi connectivity index (χ3v) is 14.4. The van der Waals surface area contributed by atoms with Crippen LogP contribution in [-0.2, 0) is 5.41 Å². The van der Waals surface area contributed by atoms with Gasteiger partial charge in [-0.3, -0.25) is 0 Å². The first kappa shape index (κ1) is 29.1.